The van der Waals surface area contributed by atoms with Crippen LogP contribution < -0.4 is 0 Å². The standard InChI is InChI=1S/C23H29NO/c1-3-22(25)23(20-12-6-4-7-13-20,21-14-8-5-9-15-21)19(2)18-24-16-10-11-17-24/h4-9,12-15,19H,3,10-11,16-18H2,1-2H3. The molecule has 0 bridgehead atoms. The maximum Gasteiger partial charge on any atom is 0.147 e. The number of nitrogens with zero attached hydrogens (tertiary/aromatic N) is 1. The summed E-state index contributed by atoms with van der Waals surface area (Å²) in [5.41, 5.74) is 1.68. The molecule has 3 rings (SSSR count). The summed E-state index contributed by atoms with van der Waals surface area (Å²) in [7, 11) is 0. The van der Waals surface area contributed by atoms with Gasteiger partial charge in [-0.3, -0.25) is 4.79 Å². The predicted octanol–water partition coefficient (Wildman–Crippen LogP) is 4.68. The Hall–Kier alpha value is -1.93. The molecule has 1 heterocycles. The van der Waals surface area contributed by atoms with E-state index in [0.29, 0.717) is 12.2 Å². The Balaban J connectivity index is 2.12. The molecular weight excluding hydrogens is 306 g/mol. The molecule has 0 aromatic heterocycles. The van der Waals surface area contributed by atoms with Crippen molar-refractivity contribution in [2.45, 2.75) is 38.5 Å². The molecule has 0 radical (unpaired) electrons. The summed E-state index contributed by atoms with van der Waals surface area (Å²) >= 11 is 0. The molecule has 1 aliphatic heterocycles. The second-order valence-corrected chi connectivity index (χ2v) is 7.23. The third-order valence-electron chi connectivity index (χ3n) is 5.69. The molecule has 0 N–H and O–H groups in total. The third-order valence-corrected chi connectivity index (χ3v) is 5.69. The minimum atomic E-state index is -0.570. The SMILES string of the molecule is CCC(=O)C(c1ccccc1)(c1ccccc1)C(C)CN1CCCC1. The van der Waals surface area contributed by atoms with Crippen molar-refractivity contribution < 1.29 is 4.79 Å². The van der Waals surface area contributed by atoms with Crippen LogP contribution in [0.25, 0.3) is 0 Å². The predicted molar refractivity (Wildman–Crippen MR) is 104 cm³/mol. The molecule has 0 aliphatic carbocycles. The van der Waals surface area contributed by atoms with E-state index >= 15 is 0 Å². The van der Waals surface area contributed by atoms with E-state index in [0.717, 1.165) is 30.8 Å². The van der Waals surface area contributed by atoms with Crippen molar-refractivity contribution in [3.05, 3.63) is 71.8 Å². The highest BCUT2D eigenvalue weighted by Crippen LogP contribution is 2.41. The summed E-state index contributed by atoms with van der Waals surface area (Å²) in [5, 5.41) is 0. The molecule has 1 aliphatic rings. The molecule has 1 saturated heterocycles. The molecule has 2 nitrogen and oxygen atoms in total. The number of hydrogen-bond donors (Lipinski definition) is 0. The van der Waals surface area contributed by atoms with Crippen LogP contribution in [0.2, 0.25) is 0 Å². The molecule has 0 spiro atoms. The topological polar surface area (TPSA) is 20.3 Å². The summed E-state index contributed by atoms with van der Waals surface area (Å²) in [5.74, 6) is 0.541. The van der Waals surface area contributed by atoms with Crippen LogP contribution in [0.3, 0.4) is 0 Å². The lowest BCUT2D eigenvalue weighted by Gasteiger charge is -2.40. The second-order valence-electron chi connectivity index (χ2n) is 7.23. The minimum Gasteiger partial charge on any atom is -0.303 e. The van der Waals surface area contributed by atoms with Crippen molar-refractivity contribution >= 4 is 5.78 Å². The Morgan fingerprint density at radius 3 is 1.88 bits per heavy atom. The van der Waals surface area contributed by atoms with Gasteiger partial charge in [-0.25, -0.2) is 0 Å². The van der Waals surface area contributed by atoms with Crippen LogP contribution in [-0.4, -0.2) is 30.3 Å². The summed E-state index contributed by atoms with van der Waals surface area (Å²) in [6, 6.07) is 20.8. The lowest BCUT2D eigenvalue weighted by molar-refractivity contribution is -0.124. The number of rotatable bonds is 7. The first-order chi connectivity index (χ1) is 12.2. The molecule has 25 heavy (non-hydrogen) atoms. The van der Waals surface area contributed by atoms with Gasteiger partial charge in [0, 0.05) is 13.0 Å². The molecule has 132 valence electrons. The number of likely N-dealkylation sites (tertiary alicyclic amines) is 1. The Morgan fingerprint density at radius 2 is 1.44 bits per heavy atom. The van der Waals surface area contributed by atoms with E-state index in [9.17, 15) is 4.79 Å². The minimum absolute atomic E-state index is 0.225. The molecule has 0 amide bonds. The number of benzene rings is 2. The number of carbonyl (C=O) groups excluding carboxylic acids is 1. The molecule has 0 saturated carbocycles. The molecule has 2 aromatic rings. The van der Waals surface area contributed by atoms with E-state index in [2.05, 4.69) is 60.4 Å². The normalized spacial score (nSPS) is 16.7. The average Bonchev–Trinajstić information content (AvgIpc) is 3.17. The van der Waals surface area contributed by atoms with Gasteiger partial charge in [0.2, 0.25) is 0 Å². The van der Waals surface area contributed by atoms with Crippen LogP contribution in [0.4, 0.5) is 0 Å². The zero-order chi connectivity index (χ0) is 17.7. The summed E-state index contributed by atoms with van der Waals surface area (Å²) in [6.07, 6.45) is 3.10. The van der Waals surface area contributed by atoms with Crippen LogP contribution >= 0.6 is 0 Å². The van der Waals surface area contributed by atoms with Gasteiger partial charge in [0.05, 0.1) is 5.41 Å². The van der Waals surface area contributed by atoms with Gasteiger partial charge < -0.3 is 4.90 Å². The molecule has 1 unspecified atom stereocenters. The van der Waals surface area contributed by atoms with Gasteiger partial charge in [0.1, 0.15) is 5.78 Å². The third kappa shape index (κ3) is 3.41. The lowest BCUT2D eigenvalue weighted by atomic mass is 9.63. The fourth-order valence-corrected chi connectivity index (χ4v) is 4.50. The highest BCUT2D eigenvalue weighted by molar-refractivity contribution is 5.94. The first-order valence-corrected chi connectivity index (χ1v) is 9.56. The number of ketones is 1. The van der Waals surface area contributed by atoms with Crippen LogP contribution in [0, 0.1) is 5.92 Å². The first kappa shape index (κ1) is 17.9. The molecule has 1 fully saturated rings. The van der Waals surface area contributed by atoms with Gasteiger partial charge in [-0.15, -0.1) is 0 Å². The first-order valence-electron chi connectivity index (χ1n) is 9.56. The largest absolute Gasteiger partial charge is 0.303 e. The van der Waals surface area contributed by atoms with Crippen molar-refractivity contribution in [3.8, 4) is 0 Å². The van der Waals surface area contributed by atoms with Crippen LogP contribution in [0.15, 0.2) is 60.7 Å². The molecule has 1 atom stereocenters. The number of Topliss-reactive ketones (excluding diaryl/α,β-unsaturated/α-hetero) is 1. The van der Waals surface area contributed by atoms with Crippen molar-refractivity contribution in [1.29, 1.82) is 0 Å². The van der Waals surface area contributed by atoms with Gasteiger partial charge in [-0.2, -0.15) is 0 Å². The zero-order valence-electron chi connectivity index (χ0n) is 15.4. The van der Waals surface area contributed by atoms with E-state index in [1.165, 1.54) is 12.8 Å². The highest BCUT2D eigenvalue weighted by atomic mass is 16.1. The number of hydrogen-bond acceptors (Lipinski definition) is 2. The average molecular weight is 335 g/mol. The van der Waals surface area contributed by atoms with E-state index in [1.807, 2.05) is 19.1 Å². The lowest BCUT2D eigenvalue weighted by Crippen LogP contribution is -2.47. The monoisotopic (exact) mass is 335 g/mol. The second kappa shape index (κ2) is 7.97. The van der Waals surface area contributed by atoms with Crippen LogP contribution in [0.5, 0.6) is 0 Å². The summed E-state index contributed by atoms with van der Waals surface area (Å²) < 4.78 is 0. The maximum atomic E-state index is 13.4. The Kier molecular flexibility index (Phi) is 5.70. The van der Waals surface area contributed by atoms with Gasteiger partial charge in [-0.05, 0) is 43.0 Å². The van der Waals surface area contributed by atoms with Gasteiger partial charge in [0.25, 0.3) is 0 Å². The van der Waals surface area contributed by atoms with Crippen molar-refractivity contribution in [3.63, 3.8) is 0 Å². The molecule has 2 heteroatoms. The zero-order valence-corrected chi connectivity index (χ0v) is 15.4. The van der Waals surface area contributed by atoms with Crippen molar-refractivity contribution in [2.75, 3.05) is 19.6 Å². The molecule has 2 aromatic carbocycles. The van der Waals surface area contributed by atoms with E-state index in [-0.39, 0.29) is 5.92 Å². The summed E-state index contributed by atoms with van der Waals surface area (Å²) in [4.78, 5) is 16.0. The van der Waals surface area contributed by atoms with Gasteiger partial charge in [-0.1, -0.05) is 74.5 Å². The quantitative estimate of drug-likeness (QED) is 0.732. The number of carbonyl (C=O) groups is 1. The van der Waals surface area contributed by atoms with Gasteiger partial charge in [0.15, 0.2) is 0 Å². The van der Waals surface area contributed by atoms with Crippen LogP contribution in [0.1, 0.15) is 44.2 Å². The smallest absolute Gasteiger partial charge is 0.147 e. The maximum absolute atomic E-state index is 13.4. The Morgan fingerprint density at radius 1 is 0.960 bits per heavy atom. The molecular formula is C23H29NO. The van der Waals surface area contributed by atoms with E-state index < -0.39 is 5.41 Å². The van der Waals surface area contributed by atoms with Crippen molar-refractivity contribution in [2.24, 2.45) is 5.92 Å². The van der Waals surface area contributed by atoms with Gasteiger partial charge >= 0.3 is 0 Å². The summed E-state index contributed by atoms with van der Waals surface area (Å²) in [6.45, 7) is 7.53. The fraction of sp³-hybridized carbons (Fsp3) is 0.435. The van der Waals surface area contributed by atoms with Crippen molar-refractivity contribution in [1.82, 2.24) is 4.90 Å². The Labute approximate surface area is 151 Å². The fourth-order valence-electron chi connectivity index (χ4n) is 4.50. The van der Waals surface area contributed by atoms with E-state index in [4.69, 9.17) is 0 Å². The van der Waals surface area contributed by atoms with Crippen LogP contribution in [-0.2, 0) is 10.2 Å². The van der Waals surface area contributed by atoms with E-state index in [1.54, 1.807) is 0 Å². The Bertz CT molecular complexity index is 634. The highest BCUT2D eigenvalue weighted by Gasteiger charge is 2.45.